The van der Waals surface area contributed by atoms with Crippen molar-refractivity contribution in [2.75, 3.05) is 32.2 Å². The van der Waals surface area contributed by atoms with Crippen LogP contribution in [0.2, 0.25) is 0 Å². The predicted molar refractivity (Wildman–Crippen MR) is 115 cm³/mol. The third kappa shape index (κ3) is 2.88. The van der Waals surface area contributed by atoms with Crippen molar-refractivity contribution in [2.24, 2.45) is 0 Å². The van der Waals surface area contributed by atoms with Crippen molar-refractivity contribution in [3.63, 3.8) is 0 Å². The number of nitrogens with zero attached hydrogens (tertiary/aromatic N) is 2. The number of fused-ring (bicyclic) bond motifs is 2. The van der Waals surface area contributed by atoms with Crippen LogP contribution in [-0.4, -0.2) is 54.9 Å². The number of aryl methyl sites for hydroxylation is 1. The molecule has 2 amide bonds. The van der Waals surface area contributed by atoms with Crippen LogP contribution in [0.3, 0.4) is 0 Å². The smallest absolute Gasteiger partial charge is 0.296 e. The summed E-state index contributed by atoms with van der Waals surface area (Å²) in [6, 6.07) is 14.0. The van der Waals surface area contributed by atoms with Crippen molar-refractivity contribution in [1.82, 2.24) is 4.90 Å². The van der Waals surface area contributed by atoms with Crippen LogP contribution in [0.15, 0.2) is 54.1 Å². The third-order valence-electron chi connectivity index (χ3n) is 5.99. The molecule has 1 saturated heterocycles. The van der Waals surface area contributed by atoms with Crippen LogP contribution in [0.4, 0.5) is 5.69 Å². The Balaban J connectivity index is 2.01. The Labute approximate surface area is 180 Å². The second-order valence-electron chi connectivity index (χ2n) is 7.81. The van der Waals surface area contributed by atoms with Gasteiger partial charge in [0.15, 0.2) is 5.54 Å². The van der Waals surface area contributed by atoms with E-state index in [0.29, 0.717) is 29.8 Å². The first-order chi connectivity index (χ1) is 14.9. The van der Waals surface area contributed by atoms with Gasteiger partial charge in [-0.2, -0.15) is 0 Å². The number of ether oxygens (including phenoxy) is 1. The number of benzene rings is 2. The standard InChI is InChI=1S/C24H24N2O5/c1-15-9-11-16(12-10-15)20(27)19-21(28)22(29)26(13-6-14-31-3)24(19)17-7-4-5-8-18(17)25(2)23(24)30/h4-5,7-12,27H,6,13-14H2,1-3H3/b20-19-. The summed E-state index contributed by atoms with van der Waals surface area (Å²) in [6.45, 7) is 2.41. The van der Waals surface area contributed by atoms with Crippen LogP contribution in [-0.2, 0) is 24.7 Å². The highest BCUT2D eigenvalue weighted by molar-refractivity contribution is 6.50. The molecule has 0 bridgehead atoms. The van der Waals surface area contributed by atoms with E-state index in [1.165, 1.54) is 9.80 Å². The minimum Gasteiger partial charge on any atom is -0.507 e. The molecule has 0 saturated carbocycles. The largest absolute Gasteiger partial charge is 0.507 e. The van der Waals surface area contributed by atoms with Crippen molar-refractivity contribution in [3.05, 3.63) is 70.8 Å². The molecule has 2 aromatic carbocycles. The molecule has 31 heavy (non-hydrogen) atoms. The van der Waals surface area contributed by atoms with E-state index in [0.717, 1.165) is 5.56 Å². The molecule has 1 atom stereocenters. The number of methoxy groups -OCH3 is 1. The van der Waals surface area contributed by atoms with Gasteiger partial charge in [-0.05, 0) is 19.4 Å². The summed E-state index contributed by atoms with van der Waals surface area (Å²) in [4.78, 5) is 42.8. The molecule has 7 heteroatoms. The lowest BCUT2D eigenvalue weighted by molar-refractivity contribution is -0.143. The fourth-order valence-corrected chi connectivity index (χ4v) is 4.49. The Hall–Kier alpha value is -3.45. The van der Waals surface area contributed by atoms with Crippen molar-refractivity contribution < 1.29 is 24.2 Å². The first-order valence-corrected chi connectivity index (χ1v) is 10.1. The van der Waals surface area contributed by atoms with Crippen LogP contribution < -0.4 is 4.90 Å². The number of ketones is 1. The van der Waals surface area contributed by atoms with Crippen LogP contribution >= 0.6 is 0 Å². The Morgan fingerprint density at radius 3 is 2.42 bits per heavy atom. The number of hydrogen-bond donors (Lipinski definition) is 1. The number of carbonyl (C=O) groups is 3. The van der Waals surface area contributed by atoms with Gasteiger partial charge in [0.2, 0.25) is 0 Å². The molecule has 4 rings (SSSR count). The Morgan fingerprint density at radius 2 is 1.74 bits per heavy atom. The maximum Gasteiger partial charge on any atom is 0.296 e. The van der Waals surface area contributed by atoms with E-state index in [9.17, 15) is 19.5 Å². The zero-order chi connectivity index (χ0) is 22.3. The lowest BCUT2D eigenvalue weighted by Gasteiger charge is -2.34. The maximum atomic E-state index is 13.7. The topological polar surface area (TPSA) is 87.1 Å². The predicted octanol–water partition coefficient (Wildman–Crippen LogP) is 2.58. The van der Waals surface area contributed by atoms with Gasteiger partial charge < -0.3 is 19.6 Å². The summed E-state index contributed by atoms with van der Waals surface area (Å²) in [5, 5.41) is 11.2. The number of Topliss-reactive ketones (excluding diaryl/α,β-unsaturated/α-hetero) is 1. The summed E-state index contributed by atoms with van der Waals surface area (Å²) in [7, 11) is 3.15. The molecular weight excluding hydrogens is 396 g/mol. The number of aliphatic hydroxyl groups excluding tert-OH is 1. The normalized spacial score (nSPS) is 22.0. The Kier molecular flexibility index (Phi) is 5.15. The highest BCUT2D eigenvalue weighted by Gasteiger charge is 2.66. The summed E-state index contributed by atoms with van der Waals surface area (Å²) in [6.07, 6.45) is 0.439. The van der Waals surface area contributed by atoms with Crippen LogP contribution in [0.5, 0.6) is 0 Å². The van der Waals surface area contributed by atoms with Gasteiger partial charge in [-0.25, -0.2) is 0 Å². The van der Waals surface area contributed by atoms with E-state index in [-0.39, 0.29) is 17.9 Å². The summed E-state index contributed by atoms with van der Waals surface area (Å²) in [5.41, 5.74) is 0.560. The molecule has 1 N–H and O–H groups in total. The van der Waals surface area contributed by atoms with E-state index < -0.39 is 23.1 Å². The quantitative estimate of drug-likeness (QED) is 0.348. The van der Waals surface area contributed by atoms with Gasteiger partial charge in [0.1, 0.15) is 5.76 Å². The average molecular weight is 420 g/mol. The second-order valence-corrected chi connectivity index (χ2v) is 7.81. The number of anilines is 1. The lowest BCUT2D eigenvalue weighted by atomic mass is 9.82. The number of amides is 2. The van der Waals surface area contributed by atoms with Crippen LogP contribution in [0, 0.1) is 6.92 Å². The molecular formula is C24H24N2O5. The van der Waals surface area contributed by atoms with Crippen molar-refractivity contribution in [3.8, 4) is 0 Å². The number of rotatable bonds is 5. The minimum atomic E-state index is -1.71. The van der Waals surface area contributed by atoms with E-state index in [1.807, 2.05) is 6.92 Å². The first kappa shape index (κ1) is 20.8. The fourth-order valence-electron chi connectivity index (χ4n) is 4.49. The average Bonchev–Trinajstić information content (AvgIpc) is 3.13. The third-order valence-corrected chi connectivity index (χ3v) is 5.99. The molecule has 0 aromatic heterocycles. The van der Waals surface area contributed by atoms with Gasteiger partial charge in [0.25, 0.3) is 17.6 Å². The number of hydrogen-bond acceptors (Lipinski definition) is 5. The molecule has 0 radical (unpaired) electrons. The first-order valence-electron chi connectivity index (χ1n) is 10.1. The Morgan fingerprint density at radius 1 is 1.06 bits per heavy atom. The summed E-state index contributed by atoms with van der Waals surface area (Å²) < 4.78 is 5.11. The number of aliphatic hydroxyl groups is 1. The van der Waals surface area contributed by atoms with Gasteiger partial charge in [0, 0.05) is 44.1 Å². The van der Waals surface area contributed by atoms with Crippen molar-refractivity contribution >= 4 is 29.0 Å². The molecule has 2 aliphatic heterocycles. The van der Waals surface area contributed by atoms with Gasteiger partial charge in [-0.15, -0.1) is 0 Å². The van der Waals surface area contributed by atoms with E-state index >= 15 is 0 Å². The van der Waals surface area contributed by atoms with Gasteiger partial charge in [0.05, 0.1) is 5.57 Å². The maximum absolute atomic E-state index is 13.7. The highest BCUT2D eigenvalue weighted by atomic mass is 16.5. The van der Waals surface area contributed by atoms with Gasteiger partial charge in [-0.3, -0.25) is 14.4 Å². The van der Waals surface area contributed by atoms with Crippen LogP contribution in [0.25, 0.3) is 5.76 Å². The number of likely N-dealkylation sites (tertiary alicyclic amines) is 1. The van der Waals surface area contributed by atoms with Gasteiger partial charge >= 0.3 is 0 Å². The van der Waals surface area contributed by atoms with Crippen LogP contribution in [0.1, 0.15) is 23.1 Å². The lowest BCUT2D eigenvalue weighted by Crippen LogP contribution is -2.51. The van der Waals surface area contributed by atoms with Crippen molar-refractivity contribution in [2.45, 2.75) is 18.9 Å². The Bertz CT molecular complexity index is 1110. The number of carbonyl (C=O) groups excluding carboxylic acids is 3. The minimum absolute atomic E-state index is 0.136. The van der Waals surface area contributed by atoms with E-state index in [4.69, 9.17) is 4.74 Å². The monoisotopic (exact) mass is 420 g/mol. The molecule has 0 aliphatic carbocycles. The summed E-state index contributed by atoms with van der Waals surface area (Å²) in [5.74, 6) is -2.47. The molecule has 2 aliphatic rings. The highest BCUT2D eigenvalue weighted by Crippen LogP contribution is 2.53. The SMILES string of the molecule is COCCCN1C(=O)C(=O)/C(=C(/O)c2ccc(C)cc2)C12C(=O)N(C)c1ccccc12. The van der Waals surface area contributed by atoms with E-state index in [2.05, 4.69) is 0 Å². The number of para-hydroxylation sites is 1. The molecule has 2 heterocycles. The van der Waals surface area contributed by atoms with Gasteiger partial charge in [-0.1, -0.05) is 48.0 Å². The molecule has 1 fully saturated rings. The fraction of sp³-hybridized carbons (Fsp3) is 0.292. The molecule has 7 nitrogen and oxygen atoms in total. The zero-order valence-corrected chi connectivity index (χ0v) is 17.7. The molecule has 1 unspecified atom stereocenters. The molecule has 2 aromatic rings. The van der Waals surface area contributed by atoms with Crippen molar-refractivity contribution in [1.29, 1.82) is 0 Å². The number of likely N-dealkylation sites (N-methyl/N-ethyl adjacent to an activating group) is 1. The summed E-state index contributed by atoms with van der Waals surface area (Å²) >= 11 is 0. The zero-order valence-electron chi connectivity index (χ0n) is 17.7. The second kappa shape index (κ2) is 7.67. The molecule has 1 spiro atoms. The molecule has 160 valence electrons. The van der Waals surface area contributed by atoms with E-state index in [1.54, 1.807) is 62.7 Å².